The van der Waals surface area contributed by atoms with Crippen molar-refractivity contribution in [2.24, 2.45) is 5.92 Å². The summed E-state index contributed by atoms with van der Waals surface area (Å²) >= 11 is 0. The molecule has 1 saturated carbocycles. The molecule has 1 fully saturated rings. The lowest BCUT2D eigenvalue weighted by Gasteiger charge is -2.27. The lowest BCUT2D eigenvalue weighted by molar-refractivity contribution is 0.424. The molecule has 0 spiro atoms. The molecule has 1 aliphatic heterocycles. The zero-order valence-corrected chi connectivity index (χ0v) is 11.0. The van der Waals surface area contributed by atoms with Crippen LogP contribution in [0.2, 0.25) is 0 Å². The molecule has 3 rings (SSSR count). The molecule has 18 heavy (non-hydrogen) atoms. The molecule has 2 nitrogen and oxygen atoms in total. The summed E-state index contributed by atoms with van der Waals surface area (Å²) in [4.78, 5) is 2.37. The fourth-order valence-corrected chi connectivity index (χ4v) is 3.53. The van der Waals surface area contributed by atoms with E-state index in [-0.39, 0.29) is 5.82 Å². The van der Waals surface area contributed by atoms with Crippen molar-refractivity contribution >= 4 is 5.69 Å². The van der Waals surface area contributed by atoms with Gasteiger partial charge in [0.1, 0.15) is 5.82 Å². The number of halogens is 1. The van der Waals surface area contributed by atoms with Crippen molar-refractivity contribution in [3.05, 3.63) is 29.6 Å². The van der Waals surface area contributed by atoms with Crippen LogP contribution in [0.1, 0.15) is 24.8 Å². The molecule has 1 aliphatic carbocycles. The third-order valence-electron chi connectivity index (χ3n) is 4.52. The van der Waals surface area contributed by atoms with Crippen molar-refractivity contribution in [3.8, 4) is 0 Å². The second-order valence-electron chi connectivity index (χ2n) is 5.56. The molecule has 1 N–H and O–H groups in total. The van der Waals surface area contributed by atoms with Gasteiger partial charge in [-0.15, -0.1) is 0 Å². The van der Waals surface area contributed by atoms with Gasteiger partial charge in [-0.1, -0.05) is 12.5 Å². The second-order valence-corrected chi connectivity index (χ2v) is 5.56. The molecular weight excluding hydrogens is 227 g/mol. The van der Waals surface area contributed by atoms with Gasteiger partial charge in [0.25, 0.3) is 0 Å². The van der Waals surface area contributed by atoms with E-state index in [0.717, 1.165) is 25.2 Å². The predicted molar refractivity (Wildman–Crippen MR) is 72.5 cm³/mol. The monoisotopic (exact) mass is 248 g/mol. The molecular formula is C15H21FN2. The third kappa shape index (κ3) is 2.12. The third-order valence-corrected chi connectivity index (χ3v) is 4.52. The maximum Gasteiger partial charge on any atom is 0.125 e. The van der Waals surface area contributed by atoms with Crippen LogP contribution < -0.4 is 10.2 Å². The Morgan fingerprint density at radius 3 is 3.11 bits per heavy atom. The Balaban J connectivity index is 1.74. The Kier molecular flexibility index (Phi) is 3.25. The van der Waals surface area contributed by atoms with E-state index < -0.39 is 0 Å². The Labute approximate surface area is 108 Å². The van der Waals surface area contributed by atoms with E-state index in [9.17, 15) is 4.39 Å². The van der Waals surface area contributed by atoms with Gasteiger partial charge >= 0.3 is 0 Å². The van der Waals surface area contributed by atoms with Gasteiger partial charge in [0.05, 0.1) is 0 Å². The van der Waals surface area contributed by atoms with Crippen molar-refractivity contribution < 1.29 is 4.39 Å². The molecule has 0 radical (unpaired) electrons. The maximum absolute atomic E-state index is 13.4. The molecule has 0 aromatic heterocycles. The van der Waals surface area contributed by atoms with Crippen LogP contribution in [0, 0.1) is 11.7 Å². The average Bonchev–Trinajstić information content (AvgIpc) is 2.97. The normalized spacial score (nSPS) is 26.7. The van der Waals surface area contributed by atoms with Gasteiger partial charge in [0.15, 0.2) is 0 Å². The summed E-state index contributed by atoms with van der Waals surface area (Å²) < 4.78 is 13.4. The molecule has 1 aromatic rings. The van der Waals surface area contributed by atoms with E-state index in [1.807, 2.05) is 6.07 Å². The Bertz CT molecular complexity index is 433. The highest BCUT2D eigenvalue weighted by Gasteiger charge is 2.29. The van der Waals surface area contributed by atoms with Crippen molar-refractivity contribution in [2.45, 2.75) is 31.7 Å². The van der Waals surface area contributed by atoms with Crippen LogP contribution in [0.3, 0.4) is 0 Å². The number of anilines is 1. The number of benzene rings is 1. The van der Waals surface area contributed by atoms with Crippen LogP contribution in [-0.4, -0.2) is 26.2 Å². The van der Waals surface area contributed by atoms with E-state index >= 15 is 0 Å². The van der Waals surface area contributed by atoms with E-state index in [4.69, 9.17) is 0 Å². The Morgan fingerprint density at radius 2 is 2.28 bits per heavy atom. The molecule has 98 valence electrons. The summed E-state index contributed by atoms with van der Waals surface area (Å²) in [7, 11) is 2.06. The van der Waals surface area contributed by atoms with Gasteiger partial charge in [0, 0.05) is 24.8 Å². The Hall–Kier alpha value is -1.09. The first-order chi connectivity index (χ1) is 8.78. The van der Waals surface area contributed by atoms with E-state index in [2.05, 4.69) is 17.3 Å². The summed E-state index contributed by atoms with van der Waals surface area (Å²) in [6.45, 7) is 2.12. The van der Waals surface area contributed by atoms with Crippen LogP contribution >= 0.6 is 0 Å². The minimum absolute atomic E-state index is 0.114. The number of fused-ring (bicyclic) bond motifs is 1. The fraction of sp³-hybridized carbons (Fsp3) is 0.600. The first-order valence-corrected chi connectivity index (χ1v) is 6.98. The molecule has 2 atom stereocenters. The smallest absolute Gasteiger partial charge is 0.125 e. The van der Waals surface area contributed by atoms with Crippen LogP contribution in [0.25, 0.3) is 0 Å². The van der Waals surface area contributed by atoms with Gasteiger partial charge < -0.3 is 10.2 Å². The Morgan fingerprint density at radius 1 is 1.39 bits per heavy atom. The predicted octanol–water partition coefficient (Wildman–Crippen LogP) is 2.58. The van der Waals surface area contributed by atoms with Gasteiger partial charge in [-0.2, -0.15) is 0 Å². The second kappa shape index (κ2) is 4.88. The number of hydrogen-bond donors (Lipinski definition) is 1. The zero-order valence-electron chi connectivity index (χ0n) is 11.0. The van der Waals surface area contributed by atoms with E-state index in [1.165, 1.54) is 24.8 Å². The van der Waals surface area contributed by atoms with Crippen LogP contribution in [0.15, 0.2) is 18.2 Å². The number of hydrogen-bond acceptors (Lipinski definition) is 2. The van der Waals surface area contributed by atoms with Gasteiger partial charge in [0.2, 0.25) is 0 Å². The average molecular weight is 248 g/mol. The SMILES string of the molecule is CNC1CCCC1CN1CCc2ccc(F)cc21. The largest absolute Gasteiger partial charge is 0.371 e. The first-order valence-electron chi connectivity index (χ1n) is 6.98. The molecule has 2 aliphatic rings. The van der Waals surface area contributed by atoms with Crippen molar-refractivity contribution in [1.29, 1.82) is 0 Å². The van der Waals surface area contributed by atoms with Crippen molar-refractivity contribution in [3.63, 3.8) is 0 Å². The number of rotatable bonds is 3. The molecule has 3 heteroatoms. The van der Waals surface area contributed by atoms with Crippen LogP contribution in [0.4, 0.5) is 10.1 Å². The summed E-state index contributed by atoms with van der Waals surface area (Å²) in [6.07, 6.45) is 4.96. The van der Waals surface area contributed by atoms with Crippen LogP contribution in [-0.2, 0) is 6.42 Å². The summed E-state index contributed by atoms with van der Waals surface area (Å²) in [5.41, 5.74) is 2.42. The van der Waals surface area contributed by atoms with Gasteiger partial charge in [-0.25, -0.2) is 4.39 Å². The van der Waals surface area contributed by atoms with E-state index in [0.29, 0.717) is 12.0 Å². The summed E-state index contributed by atoms with van der Waals surface area (Å²) in [5, 5.41) is 3.42. The highest BCUT2D eigenvalue weighted by atomic mass is 19.1. The van der Waals surface area contributed by atoms with Gasteiger partial charge in [-0.05, 0) is 49.9 Å². The number of nitrogens with one attached hydrogen (secondary N) is 1. The molecule has 1 aromatic carbocycles. The molecule has 0 amide bonds. The molecule has 0 bridgehead atoms. The molecule has 1 heterocycles. The number of nitrogens with zero attached hydrogens (tertiary/aromatic N) is 1. The lowest BCUT2D eigenvalue weighted by atomic mass is 10.0. The first kappa shape index (κ1) is 12.0. The molecule has 0 saturated heterocycles. The van der Waals surface area contributed by atoms with Crippen molar-refractivity contribution in [1.82, 2.24) is 5.32 Å². The fourth-order valence-electron chi connectivity index (χ4n) is 3.53. The topological polar surface area (TPSA) is 15.3 Å². The minimum Gasteiger partial charge on any atom is -0.371 e. The van der Waals surface area contributed by atoms with E-state index in [1.54, 1.807) is 12.1 Å². The lowest BCUT2D eigenvalue weighted by Crippen LogP contribution is -2.37. The highest BCUT2D eigenvalue weighted by molar-refractivity contribution is 5.58. The standard InChI is InChI=1S/C15H21FN2/c1-17-14-4-2-3-12(14)10-18-8-7-11-5-6-13(16)9-15(11)18/h5-6,9,12,14,17H,2-4,7-8,10H2,1H3. The molecule has 2 unspecified atom stereocenters. The summed E-state index contributed by atoms with van der Waals surface area (Å²) in [5.74, 6) is 0.599. The maximum atomic E-state index is 13.4. The van der Waals surface area contributed by atoms with Gasteiger partial charge in [-0.3, -0.25) is 0 Å². The summed E-state index contributed by atoms with van der Waals surface area (Å²) in [6, 6.07) is 5.86. The van der Waals surface area contributed by atoms with Crippen LogP contribution in [0.5, 0.6) is 0 Å². The highest BCUT2D eigenvalue weighted by Crippen LogP contribution is 2.33. The minimum atomic E-state index is -0.114. The van der Waals surface area contributed by atoms with Crippen molar-refractivity contribution in [2.75, 3.05) is 25.0 Å². The zero-order chi connectivity index (χ0) is 12.5. The quantitative estimate of drug-likeness (QED) is 0.884.